The molecular formula is C13H21N3O2. The van der Waals surface area contributed by atoms with Gasteiger partial charge in [-0.1, -0.05) is 0 Å². The molecule has 1 unspecified atom stereocenters. The Kier molecular flexibility index (Phi) is 4.14. The summed E-state index contributed by atoms with van der Waals surface area (Å²) in [4.78, 5) is 14.2. The standard InChI is InChI=1S/C13H21N3O2/c1-10(2)16-5-4-11(14-16)8-12(17)13-9-15(3)6-7-18-13/h4-5,10,13H,6-9H2,1-3H3. The van der Waals surface area contributed by atoms with Crippen molar-refractivity contribution in [3.8, 4) is 0 Å². The van der Waals surface area contributed by atoms with Crippen LogP contribution in [0.4, 0.5) is 0 Å². The number of carbonyl (C=O) groups excluding carboxylic acids is 1. The Morgan fingerprint density at radius 3 is 3.00 bits per heavy atom. The zero-order valence-electron chi connectivity index (χ0n) is 11.3. The largest absolute Gasteiger partial charge is 0.368 e. The van der Waals surface area contributed by atoms with E-state index in [2.05, 4.69) is 23.8 Å². The molecule has 0 bridgehead atoms. The normalized spacial score (nSPS) is 21.4. The van der Waals surface area contributed by atoms with E-state index in [9.17, 15) is 4.79 Å². The molecule has 0 aromatic carbocycles. The first kappa shape index (κ1) is 13.2. The minimum Gasteiger partial charge on any atom is -0.368 e. The highest BCUT2D eigenvalue weighted by Gasteiger charge is 2.25. The summed E-state index contributed by atoms with van der Waals surface area (Å²) < 4.78 is 7.38. The van der Waals surface area contributed by atoms with Crippen LogP contribution in [0.2, 0.25) is 0 Å². The van der Waals surface area contributed by atoms with E-state index in [0.29, 0.717) is 25.6 Å². The Balaban J connectivity index is 1.93. The molecular weight excluding hydrogens is 230 g/mol. The number of ketones is 1. The van der Waals surface area contributed by atoms with E-state index in [1.165, 1.54) is 0 Å². The van der Waals surface area contributed by atoms with Crippen molar-refractivity contribution in [2.24, 2.45) is 0 Å². The molecule has 1 aliphatic rings. The van der Waals surface area contributed by atoms with Crippen molar-refractivity contribution in [3.63, 3.8) is 0 Å². The number of likely N-dealkylation sites (N-methyl/N-ethyl adjacent to an activating group) is 1. The minimum atomic E-state index is -0.298. The van der Waals surface area contributed by atoms with Gasteiger partial charge in [0.25, 0.3) is 0 Å². The molecule has 2 rings (SSSR count). The summed E-state index contributed by atoms with van der Waals surface area (Å²) in [7, 11) is 2.01. The third-order valence-electron chi connectivity index (χ3n) is 3.18. The Morgan fingerprint density at radius 1 is 1.61 bits per heavy atom. The molecule has 0 amide bonds. The van der Waals surface area contributed by atoms with Crippen LogP contribution in [-0.4, -0.2) is 53.3 Å². The summed E-state index contributed by atoms with van der Waals surface area (Å²) in [6, 6.07) is 2.23. The average molecular weight is 251 g/mol. The monoisotopic (exact) mass is 251 g/mol. The molecule has 5 heteroatoms. The van der Waals surface area contributed by atoms with Gasteiger partial charge >= 0.3 is 0 Å². The predicted molar refractivity (Wildman–Crippen MR) is 68.6 cm³/mol. The molecule has 0 radical (unpaired) electrons. The van der Waals surface area contributed by atoms with E-state index in [1.807, 2.05) is 24.0 Å². The summed E-state index contributed by atoms with van der Waals surface area (Å²) in [6.45, 7) is 6.35. The summed E-state index contributed by atoms with van der Waals surface area (Å²) in [6.07, 6.45) is 1.98. The quantitative estimate of drug-likeness (QED) is 0.798. The van der Waals surface area contributed by atoms with Crippen molar-refractivity contribution >= 4 is 5.78 Å². The average Bonchev–Trinajstić information content (AvgIpc) is 2.77. The summed E-state index contributed by atoms with van der Waals surface area (Å²) >= 11 is 0. The van der Waals surface area contributed by atoms with Crippen molar-refractivity contribution in [1.29, 1.82) is 0 Å². The molecule has 5 nitrogen and oxygen atoms in total. The number of hydrogen-bond donors (Lipinski definition) is 0. The molecule has 1 saturated heterocycles. The molecule has 100 valence electrons. The van der Waals surface area contributed by atoms with Crippen LogP contribution in [0, 0.1) is 0 Å². The lowest BCUT2D eigenvalue weighted by molar-refractivity contribution is -0.134. The van der Waals surface area contributed by atoms with E-state index < -0.39 is 0 Å². The van der Waals surface area contributed by atoms with Crippen molar-refractivity contribution in [2.45, 2.75) is 32.4 Å². The van der Waals surface area contributed by atoms with E-state index in [4.69, 9.17) is 4.74 Å². The van der Waals surface area contributed by atoms with Gasteiger partial charge in [0, 0.05) is 25.3 Å². The van der Waals surface area contributed by atoms with Gasteiger partial charge in [0.05, 0.1) is 18.7 Å². The molecule has 1 aliphatic heterocycles. The molecule has 0 N–H and O–H groups in total. The number of rotatable bonds is 4. The van der Waals surface area contributed by atoms with Crippen molar-refractivity contribution < 1.29 is 9.53 Å². The highest BCUT2D eigenvalue weighted by atomic mass is 16.5. The molecule has 0 spiro atoms. The van der Waals surface area contributed by atoms with Crippen LogP contribution in [-0.2, 0) is 16.0 Å². The fraction of sp³-hybridized carbons (Fsp3) is 0.692. The lowest BCUT2D eigenvalue weighted by atomic mass is 10.1. The molecule has 1 atom stereocenters. The second-order valence-corrected chi connectivity index (χ2v) is 5.15. The Labute approximate surface area is 108 Å². The van der Waals surface area contributed by atoms with Crippen molar-refractivity contribution in [2.75, 3.05) is 26.7 Å². The van der Waals surface area contributed by atoms with Gasteiger partial charge in [-0.05, 0) is 27.0 Å². The number of morpholine rings is 1. The Bertz CT molecular complexity index is 414. The molecule has 1 fully saturated rings. The summed E-state index contributed by atoms with van der Waals surface area (Å²) in [5.74, 6) is 0.121. The number of aromatic nitrogens is 2. The van der Waals surface area contributed by atoms with Crippen LogP contribution >= 0.6 is 0 Å². The Morgan fingerprint density at radius 2 is 2.39 bits per heavy atom. The highest BCUT2D eigenvalue weighted by Crippen LogP contribution is 2.09. The van der Waals surface area contributed by atoms with Gasteiger partial charge in [-0.3, -0.25) is 9.48 Å². The number of ether oxygens (including phenoxy) is 1. The fourth-order valence-electron chi connectivity index (χ4n) is 2.02. The van der Waals surface area contributed by atoms with Gasteiger partial charge in [0.1, 0.15) is 6.10 Å². The maximum Gasteiger partial charge on any atom is 0.168 e. The second-order valence-electron chi connectivity index (χ2n) is 5.15. The maximum atomic E-state index is 12.1. The maximum absolute atomic E-state index is 12.1. The molecule has 1 aromatic rings. The predicted octanol–water partition coefficient (Wildman–Crippen LogP) is 0.906. The third-order valence-corrected chi connectivity index (χ3v) is 3.18. The first-order valence-electron chi connectivity index (χ1n) is 6.43. The lowest BCUT2D eigenvalue weighted by Gasteiger charge is -2.28. The number of nitrogens with zero attached hydrogens (tertiary/aromatic N) is 3. The van der Waals surface area contributed by atoms with Crippen LogP contribution in [0.5, 0.6) is 0 Å². The Hall–Kier alpha value is -1.20. The SMILES string of the molecule is CC(C)n1ccc(CC(=O)C2CN(C)CCO2)n1. The van der Waals surface area contributed by atoms with E-state index in [-0.39, 0.29) is 11.9 Å². The van der Waals surface area contributed by atoms with Gasteiger partial charge < -0.3 is 9.64 Å². The van der Waals surface area contributed by atoms with Crippen LogP contribution < -0.4 is 0 Å². The number of hydrogen-bond acceptors (Lipinski definition) is 4. The van der Waals surface area contributed by atoms with Crippen molar-refractivity contribution in [1.82, 2.24) is 14.7 Å². The van der Waals surface area contributed by atoms with Crippen LogP contribution in [0.1, 0.15) is 25.6 Å². The number of carbonyl (C=O) groups is 1. The van der Waals surface area contributed by atoms with Crippen LogP contribution in [0.3, 0.4) is 0 Å². The van der Waals surface area contributed by atoms with Gasteiger partial charge in [0.15, 0.2) is 5.78 Å². The second kappa shape index (κ2) is 5.63. The summed E-state index contributed by atoms with van der Waals surface area (Å²) in [5, 5.41) is 4.39. The first-order valence-corrected chi connectivity index (χ1v) is 6.43. The van der Waals surface area contributed by atoms with Gasteiger partial charge in [-0.15, -0.1) is 0 Å². The summed E-state index contributed by atoms with van der Waals surface area (Å²) in [5.41, 5.74) is 0.825. The topological polar surface area (TPSA) is 47.4 Å². The molecule has 0 saturated carbocycles. The van der Waals surface area contributed by atoms with Gasteiger partial charge in [-0.25, -0.2) is 0 Å². The van der Waals surface area contributed by atoms with Crippen molar-refractivity contribution in [3.05, 3.63) is 18.0 Å². The van der Waals surface area contributed by atoms with E-state index in [1.54, 1.807) is 0 Å². The third kappa shape index (κ3) is 3.17. The molecule has 1 aromatic heterocycles. The fourth-order valence-corrected chi connectivity index (χ4v) is 2.02. The molecule has 0 aliphatic carbocycles. The first-order chi connectivity index (χ1) is 8.56. The van der Waals surface area contributed by atoms with Crippen LogP contribution in [0.15, 0.2) is 12.3 Å². The highest BCUT2D eigenvalue weighted by molar-refractivity contribution is 5.85. The van der Waals surface area contributed by atoms with Gasteiger partial charge in [0.2, 0.25) is 0 Å². The zero-order chi connectivity index (χ0) is 13.1. The lowest BCUT2D eigenvalue weighted by Crippen LogP contribution is -2.44. The van der Waals surface area contributed by atoms with E-state index in [0.717, 1.165) is 12.2 Å². The molecule has 18 heavy (non-hydrogen) atoms. The zero-order valence-corrected chi connectivity index (χ0v) is 11.3. The smallest absolute Gasteiger partial charge is 0.168 e. The number of Topliss-reactive ketones (excluding diaryl/α,β-unsaturated/α-hetero) is 1. The van der Waals surface area contributed by atoms with Crippen LogP contribution in [0.25, 0.3) is 0 Å². The van der Waals surface area contributed by atoms with Gasteiger partial charge in [-0.2, -0.15) is 5.10 Å². The minimum absolute atomic E-state index is 0.121. The van der Waals surface area contributed by atoms with E-state index >= 15 is 0 Å². The molecule has 2 heterocycles.